The van der Waals surface area contributed by atoms with Gasteiger partial charge in [-0.2, -0.15) is 4.39 Å². The van der Waals surface area contributed by atoms with Crippen molar-refractivity contribution in [3.05, 3.63) is 88.0 Å². The molecule has 2 unspecified atom stereocenters. The Bertz CT molecular complexity index is 1750. The molecule has 5 rings (SSSR count). The molecule has 1 aliphatic carbocycles. The van der Waals surface area contributed by atoms with E-state index in [-0.39, 0.29) is 28.9 Å². The first-order chi connectivity index (χ1) is 18.1. The smallest absolute Gasteiger partial charge is 0.408 e. The molecule has 2 heterocycles. The zero-order chi connectivity index (χ0) is 27.0. The number of hydrogen-bond donors (Lipinski definition) is 2. The average molecular weight is 539 g/mol. The van der Waals surface area contributed by atoms with Crippen molar-refractivity contribution in [2.45, 2.75) is 43.2 Å². The molecule has 8 nitrogen and oxygen atoms in total. The number of sulfonamides is 1. The van der Waals surface area contributed by atoms with Crippen molar-refractivity contribution in [3.63, 3.8) is 0 Å². The summed E-state index contributed by atoms with van der Waals surface area (Å²) < 4.78 is 62.6. The van der Waals surface area contributed by atoms with E-state index in [2.05, 4.69) is 16.8 Å². The van der Waals surface area contributed by atoms with Crippen LogP contribution in [0.3, 0.4) is 0 Å². The highest BCUT2D eigenvalue weighted by molar-refractivity contribution is 7.92. The number of hydrogen-bond acceptors (Lipinski definition) is 6. The van der Waals surface area contributed by atoms with Crippen LogP contribution in [0.4, 0.5) is 14.6 Å². The van der Waals surface area contributed by atoms with E-state index >= 15 is 4.39 Å². The van der Waals surface area contributed by atoms with E-state index < -0.39 is 38.5 Å². The summed E-state index contributed by atoms with van der Waals surface area (Å²) in [6, 6.07) is 12.2. The summed E-state index contributed by atoms with van der Waals surface area (Å²) in [7, 11) is -4.50. The highest BCUT2D eigenvalue weighted by Crippen LogP contribution is 2.28. The van der Waals surface area contributed by atoms with Gasteiger partial charge in [0.15, 0.2) is 5.58 Å². The van der Waals surface area contributed by atoms with E-state index in [1.54, 1.807) is 6.92 Å². The summed E-state index contributed by atoms with van der Waals surface area (Å²) in [6.45, 7) is 1.75. The Balaban J connectivity index is 1.48. The summed E-state index contributed by atoms with van der Waals surface area (Å²) in [4.78, 5) is 15.4. The molecule has 3 atom stereocenters. The maximum Gasteiger partial charge on any atom is 0.420 e. The van der Waals surface area contributed by atoms with E-state index in [1.165, 1.54) is 16.7 Å². The summed E-state index contributed by atoms with van der Waals surface area (Å²) in [5.41, 5.74) is 7.55. The predicted octanol–water partition coefficient (Wildman–Crippen LogP) is 4.16. The minimum atomic E-state index is -4.50. The Morgan fingerprint density at radius 3 is 2.68 bits per heavy atom. The van der Waals surface area contributed by atoms with Crippen molar-refractivity contribution in [3.8, 4) is 11.8 Å². The zero-order valence-electron chi connectivity index (χ0n) is 20.3. The third-order valence-corrected chi connectivity index (χ3v) is 8.01. The lowest BCUT2D eigenvalue weighted by Crippen LogP contribution is -2.23. The summed E-state index contributed by atoms with van der Waals surface area (Å²) in [5, 5.41) is 0. The second kappa shape index (κ2) is 10.0. The van der Waals surface area contributed by atoms with Crippen molar-refractivity contribution in [1.82, 2.24) is 9.55 Å². The highest BCUT2D eigenvalue weighted by atomic mass is 32.2. The second-order valence-corrected chi connectivity index (χ2v) is 10.9. The highest BCUT2D eigenvalue weighted by Gasteiger charge is 2.25. The quantitative estimate of drug-likeness (QED) is 0.291. The van der Waals surface area contributed by atoms with Gasteiger partial charge in [-0.05, 0) is 49.6 Å². The molecule has 11 heteroatoms. The third-order valence-electron chi connectivity index (χ3n) is 6.64. The molecule has 0 saturated heterocycles. The summed E-state index contributed by atoms with van der Waals surface area (Å²) >= 11 is 0. The van der Waals surface area contributed by atoms with E-state index in [1.807, 2.05) is 29.0 Å². The van der Waals surface area contributed by atoms with Crippen LogP contribution in [0.15, 0.2) is 68.7 Å². The number of nitrogens with zero attached hydrogens (tertiary/aromatic N) is 2. The van der Waals surface area contributed by atoms with Crippen molar-refractivity contribution in [2.75, 3.05) is 4.72 Å². The van der Waals surface area contributed by atoms with Crippen LogP contribution in [-0.2, 0) is 10.0 Å². The predicted molar refractivity (Wildman–Crippen MR) is 138 cm³/mol. The van der Waals surface area contributed by atoms with Crippen molar-refractivity contribution < 1.29 is 21.6 Å². The Labute approximate surface area is 217 Å². The summed E-state index contributed by atoms with van der Waals surface area (Å²) in [5.74, 6) is 3.42. The van der Waals surface area contributed by atoms with Gasteiger partial charge in [-0.3, -0.25) is 9.29 Å². The van der Waals surface area contributed by atoms with Crippen LogP contribution in [0.5, 0.6) is 0 Å². The van der Waals surface area contributed by atoms with Crippen molar-refractivity contribution >= 4 is 26.9 Å². The zero-order valence-corrected chi connectivity index (χ0v) is 21.1. The number of oxazole rings is 1. The fourth-order valence-electron chi connectivity index (χ4n) is 4.64. The van der Waals surface area contributed by atoms with Crippen molar-refractivity contribution in [2.24, 2.45) is 11.7 Å². The minimum Gasteiger partial charge on any atom is -0.408 e. The molecule has 0 amide bonds. The van der Waals surface area contributed by atoms with Gasteiger partial charge in [0.25, 0.3) is 10.0 Å². The fourth-order valence-corrected chi connectivity index (χ4v) is 5.71. The Morgan fingerprint density at radius 1 is 1.16 bits per heavy atom. The summed E-state index contributed by atoms with van der Waals surface area (Å²) in [6.07, 6.45) is 2.99. The molecular weight excluding hydrogens is 514 g/mol. The first kappa shape index (κ1) is 25.6. The standard InChI is InChI=1S/C27H24F2N4O4S/c1-16(19-7-2-5-17(13-19)11-12-18-6-3-8-21(18)30)33-22-14-20(28)24(15-23(22)37-27(33)34)38(35,36)32-26-10-4-9-25(29)31-26/h2,4-5,7,9-10,13-16,18,21H,3,6,8,30H2,1H3,(H,31,32)/t16-,18?,21?/m1/s1. The van der Waals surface area contributed by atoms with Gasteiger partial charge in [0.1, 0.15) is 16.5 Å². The lowest BCUT2D eigenvalue weighted by molar-refractivity contribution is 0.489. The first-order valence-corrected chi connectivity index (χ1v) is 13.5. The van der Waals surface area contributed by atoms with Crippen LogP contribution in [0, 0.1) is 29.5 Å². The fraction of sp³-hybridized carbons (Fsp3) is 0.259. The van der Waals surface area contributed by atoms with Crippen molar-refractivity contribution in [1.29, 1.82) is 0 Å². The van der Waals surface area contributed by atoms with Gasteiger partial charge >= 0.3 is 5.76 Å². The Kier molecular flexibility index (Phi) is 6.77. The minimum absolute atomic E-state index is 0.0735. The van der Waals surface area contributed by atoms with Crippen LogP contribution in [0.25, 0.3) is 11.1 Å². The molecule has 0 aliphatic heterocycles. The number of nitrogens with one attached hydrogen (secondary N) is 1. The number of anilines is 1. The van der Waals surface area contributed by atoms with Crippen LogP contribution in [-0.4, -0.2) is 24.0 Å². The molecular formula is C27H24F2N4O4S. The van der Waals surface area contributed by atoms with E-state index in [0.717, 1.165) is 48.6 Å². The number of benzene rings is 2. The van der Waals surface area contributed by atoms with Crippen LogP contribution >= 0.6 is 0 Å². The number of nitrogens with two attached hydrogens (primary N) is 1. The number of rotatable bonds is 5. The molecule has 1 fully saturated rings. The van der Waals surface area contributed by atoms with Gasteiger partial charge in [-0.15, -0.1) is 0 Å². The molecule has 2 aromatic heterocycles. The van der Waals surface area contributed by atoms with Gasteiger partial charge in [0.05, 0.1) is 11.6 Å². The van der Waals surface area contributed by atoms with Crippen LogP contribution < -0.4 is 16.2 Å². The van der Waals surface area contributed by atoms with Crippen LogP contribution in [0.2, 0.25) is 0 Å². The second-order valence-electron chi connectivity index (χ2n) is 9.21. The molecule has 1 aliphatic rings. The molecule has 1 saturated carbocycles. The number of pyridine rings is 1. The third kappa shape index (κ3) is 5.05. The SMILES string of the molecule is C[C@H](c1cccc(C#CC2CCCC2N)c1)n1c(=O)oc2cc(S(=O)(=O)Nc3cccc(F)n3)c(F)cc21. The maximum absolute atomic E-state index is 15.1. The van der Waals surface area contributed by atoms with Gasteiger partial charge < -0.3 is 10.2 Å². The lowest BCUT2D eigenvalue weighted by Gasteiger charge is -2.14. The lowest BCUT2D eigenvalue weighted by atomic mass is 10.0. The molecule has 0 spiro atoms. The maximum atomic E-state index is 15.1. The van der Waals surface area contributed by atoms with Gasteiger partial charge in [0, 0.05) is 29.7 Å². The van der Waals surface area contributed by atoms with E-state index in [9.17, 15) is 17.6 Å². The Morgan fingerprint density at radius 2 is 1.95 bits per heavy atom. The van der Waals surface area contributed by atoms with Crippen LogP contribution in [0.1, 0.15) is 43.4 Å². The van der Waals surface area contributed by atoms with E-state index in [0.29, 0.717) is 0 Å². The van der Waals surface area contributed by atoms with Gasteiger partial charge in [0.2, 0.25) is 5.95 Å². The molecule has 2 aromatic carbocycles. The molecule has 0 radical (unpaired) electrons. The molecule has 196 valence electrons. The normalized spacial score (nSPS) is 18.2. The molecule has 3 N–H and O–H groups in total. The first-order valence-electron chi connectivity index (χ1n) is 12.0. The number of fused-ring (bicyclic) bond motifs is 1. The molecule has 4 aromatic rings. The Hall–Kier alpha value is -4.01. The van der Waals surface area contributed by atoms with Gasteiger partial charge in [-0.1, -0.05) is 36.5 Å². The number of halogens is 2. The molecule has 38 heavy (non-hydrogen) atoms. The largest absolute Gasteiger partial charge is 0.420 e. The molecule has 0 bridgehead atoms. The topological polar surface area (TPSA) is 120 Å². The van der Waals surface area contributed by atoms with E-state index in [4.69, 9.17) is 10.2 Å². The number of aromatic nitrogens is 2. The monoisotopic (exact) mass is 538 g/mol. The average Bonchev–Trinajstić information content (AvgIpc) is 3.42. The van der Waals surface area contributed by atoms with Gasteiger partial charge in [-0.25, -0.2) is 22.6 Å².